The molecule has 1 amide bonds. The van der Waals surface area contributed by atoms with Crippen LogP contribution in [-0.2, 0) is 20.7 Å². The number of anilines is 2. The number of hydrogen-bond acceptors (Lipinski definition) is 4. The molecule has 3 rings (SSSR count). The maximum absolute atomic E-state index is 13.5. The third-order valence-electron chi connectivity index (χ3n) is 4.54. The van der Waals surface area contributed by atoms with E-state index < -0.39 is 11.9 Å². The highest BCUT2D eigenvalue weighted by atomic mass is 19.1. The Hall–Kier alpha value is -2.89. The van der Waals surface area contributed by atoms with Crippen molar-refractivity contribution in [2.24, 2.45) is 0 Å². The number of ether oxygens (including phenoxy) is 1. The van der Waals surface area contributed by atoms with Crippen LogP contribution < -0.4 is 10.2 Å². The van der Waals surface area contributed by atoms with Gasteiger partial charge in [-0.1, -0.05) is 18.2 Å². The average Bonchev–Trinajstić information content (AvgIpc) is 3.21. The molecule has 0 aromatic heterocycles. The first-order valence-corrected chi connectivity index (χ1v) is 9.16. The second kappa shape index (κ2) is 9.16. The maximum Gasteiger partial charge on any atom is 0.306 e. The molecule has 1 heterocycles. The number of aryl methyl sites for hydroxylation is 1. The number of rotatable bonds is 7. The minimum atomic E-state index is -0.530. The van der Waals surface area contributed by atoms with Crippen molar-refractivity contribution >= 4 is 23.3 Å². The molecule has 1 fully saturated rings. The molecule has 0 bridgehead atoms. The van der Waals surface area contributed by atoms with Crippen LogP contribution in [0.5, 0.6) is 0 Å². The topological polar surface area (TPSA) is 58.6 Å². The molecule has 1 N–H and O–H groups in total. The number of nitrogens with zero attached hydrogens (tertiary/aromatic N) is 1. The number of hydrogen-bond donors (Lipinski definition) is 1. The van der Waals surface area contributed by atoms with Gasteiger partial charge in [0.05, 0.1) is 0 Å². The minimum Gasteiger partial charge on any atom is -0.456 e. The fraction of sp³-hybridized carbons (Fsp3) is 0.333. The average molecular weight is 370 g/mol. The summed E-state index contributed by atoms with van der Waals surface area (Å²) in [5, 5.41) is 2.70. The van der Waals surface area contributed by atoms with Crippen LogP contribution >= 0.6 is 0 Å². The van der Waals surface area contributed by atoms with Crippen molar-refractivity contribution in [3.8, 4) is 0 Å². The van der Waals surface area contributed by atoms with Gasteiger partial charge < -0.3 is 15.0 Å². The molecule has 0 radical (unpaired) electrons. The van der Waals surface area contributed by atoms with Crippen molar-refractivity contribution in [1.29, 1.82) is 0 Å². The Morgan fingerprint density at radius 1 is 1.04 bits per heavy atom. The minimum absolute atomic E-state index is 0.0265. The van der Waals surface area contributed by atoms with Gasteiger partial charge in [0.1, 0.15) is 5.82 Å². The van der Waals surface area contributed by atoms with E-state index in [9.17, 15) is 14.0 Å². The highest BCUT2D eigenvalue weighted by molar-refractivity contribution is 5.92. The van der Waals surface area contributed by atoms with Crippen molar-refractivity contribution in [3.05, 3.63) is 59.9 Å². The molecule has 2 aromatic rings. The molecule has 27 heavy (non-hydrogen) atoms. The highest BCUT2D eigenvalue weighted by Crippen LogP contribution is 2.22. The first kappa shape index (κ1) is 18.9. The number of amides is 1. The lowest BCUT2D eigenvalue weighted by Crippen LogP contribution is -2.21. The van der Waals surface area contributed by atoms with Crippen LogP contribution in [-0.4, -0.2) is 31.6 Å². The highest BCUT2D eigenvalue weighted by Gasteiger charge is 2.13. The third kappa shape index (κ3) is 5.54. The lowest BCUT2D eigenvalue weighted by molar-refractivity contribution is -0.147. The van der Waals surface area contributed by atoms with Crippen LogP contribution in [0.4, 0.5) is 15.8 Å². The summed E-state index contributed by atoms with van der Waals surface area (Å²) in [6.07, 6.45) is 2.69. The number of esters is 1. The normalized spacial score (nSPS) is 13.4. The molecule has 142 valence electrons. The van der Waals surface area contributed by atoms with Gasteiger partial charge in [0.15, 0.2) is 6.61 Å². The van der Waals surface area contributed by atoms with Crippen LogP contribution in [0, 0.1) is 5.82 Å². The number of nitrogens with one attached hydrogen (secondary N) is 1. The zero-order valence-electron chi connectivity index (χ0n) is 15.1. The molecule has 0 saturated carbocycles. The predicted molar refractivity (Wildman–Crippen MR) is 102 cm³/mol. The smallest absolute Gasteiger partial charge is 0.306 e. The van der Waals surface area contributed by atoms with Crippen LogP contribution in [0.3, 0.4) is 0 Å². The van der Waals surface area contributed by atoms with E-state index in [4.69, 9.17) is 4.74 Å². The Bertz CT molecular complexity index is 786. The van der Waals surface area contributed by atoms with Gasteiger partial charge in [-0.15, -0.1) is 0 Å². The van der Waals surface area contributed by atoms with Crippen molar-refractivity contribution in [2.45, 2.75) is 25.7 Å². The summed E-state index contributed by atoms with van der Waals surface area (Å²) in [5.74, 6) is -1.28. The quantitative estimate of drug-likeness (QED) is 0.758. The van der Waals surface area contributed by atoms with Crippen molar-refractivity contribution < 1.29 is 18.7 Å². The zero-order chi connectivity index (χ0) is 19.1. The first-order valence-electron chi connectivity index (χ1n) is 9.16. The predicted octanol–water partition coefficient (Wildman–Crippen LogP) is 3.54. The van der Waals surface area contributed by atoms with Crippen molar-refractivity contribution in [1.82, 2.24) is 0 Å². The molecule has 1 saturated heterocycles. The molecular weight excluding hydrogens is 347 g/mol. The van der Waals surface area contributed by atoms with E-state index in [0.29, 0.717) is 11.3 Å². The summed E-state index contributed by atoms with van der Waals surface area (Å²) in [4.78, 5) is 26.0. The lowest BCUT2D eigenvalue weighted by atomic mass is 10.1. The molecule has 1 aliphatic rings. The first-order chi connectivity index (χ1) is 13.1. The van der Waals surface area contributed by atoms with Crippen LogP contribution in [0.25, 0.3) is 0 Å². The van der Waals surface area contributed by atoms with Crippen LogP contribution in [0.2, 0.25) is 0 Å². The van der Waals surface area contributed by atoms with E-state index in [0.717, 1.165) is 18.8 Å². The molecular formula is C21H23FN2O3. The van der Waals surface area contributed by atoms with E-state index in [1.54, 1.807) is 18.2 Å². The standard InChI is InChI=1S/C21H23FN2O3/c22-19-6-2-1-5-16(19)7-12-21(26)27-15-20(25)23-17-8-10-18(11-9-17)24-13-3-4-14-24/h1-2,5-6,8-11H,3-4,7,12-15H2,(H,23,25). The van der Waals surface area contributed by atoms with Gasteiger partial charge in [0.2, 0.25) is 0 Å². The van der Waals surface area contributed by atoms with Gasteiger partial charge in [-0.3, -0.25) is 9.59 Å². The van der Waals surface area contributed by atoms with E-state index in [1.165, 1.54) is 18.9 Å². The Morgan fingerprint density at radius 3 is 2.44 bits per heavy atom. The molecule has 2 aromatic carbocycles. The summed E-state index contributed by atoms with van der Waals surface area (Å²) in [6.45, 7) is 1.77. The van der Waals surface area contributed by atoms with Gasteiger partial charge in [-0.2, -0.15) is 0 Å². The summed E-state index contributed by atoms with van der Waals surface area (Å²) >= 11 is 0. The molecule has 0 atom stereocenters. The molecule has 0 unspecified atom stereocenters. The molecule has 5 nitrogen and oxygen atoms in total. The van der Waals surface area contributed by atoms with Crippen molar-refractivity contribution in [2.75, 3.05) is 29.9 Å². The fourth-order valence-corrected chi connectivity index (χ4v) is 3.08. The zero-order valence-corrected chi connectivity index (χ0v) is 15.1. The Morgan fingerprint density at radius 2 is 1.74 bits per heavy atom. The molecule has 0 aliphatic carbocycles. The van der Waals surface area contributed by atoms with Crippen molar-refractivity contribution in [3.63, 3.8) is 0 Å². The summed E-state index contributed by atoms with van der Waals surface area (Å²) in [6, 6.07) is 13.9. The third-order valence-corrected chi connectivity index (χ3v) is 4.54. The monoisotopic (exact) mass is 370 g/mol. The molecule has 0 spiro atoms. The fourth-order valence-electron chi connectivity index (χ4n) is 3.08. The van der Waals surface area contributed by atoms with Gasteiger partial charge >= 0.3 is 5.97 Å². The second-order valence-electron chi connectivity index (χ2n) is 6.54. The largest absolute Gasteiger partial charge is 0.456 e. The van der Waals surface area contributed by atoms with Gasteiger partial charge in [-0.25, -0.2) is 4.39 Å². The van der Waals surface area contributed by atoms with E-state index >= 15 is 0 Å². The Balaban J connectivity index is 1.40. The maximum atomic E-state index is 13.5. The Labute approximate surface area is 158 Å². The second-order valence-corrected chi connectivity index (χ2v) is 6.54. The SMILES string of the molecule is O=C(COC(=O)CCc1ccccc1F)Nc1ccc(N2CCCC2)cc1. The van der Waals surface area contributed by atoms with Gasteiger partial charge in [0.25, 0.3) is 5.91 Å². The number of carbonyl (C=O) groups excluding carboxylic acids is 2. The molecule has 1 aliphatic heterocycles. The molecule has 6 heteroatoms. The van der Waals surface area contributed by atoms with Crippen LogP contribution in [0.1, 0.15) is 24.8 Å². The summed E-state index contributed by atoms with van der Waals surface area (Å²) < 4.78 is 18.5. The van der Waals surface area contributed by atoms with Gasteiger partial charge in [0, 0.05) is 30.9 Å². The summed E-state index contributed by atoms with van der Waals surface area (Å²) in [5.41, 5.74) is 2.26. The summed E-state index contributed by atoms with van der Waals surface area (Å²) in [7, 11) is 0. The number of halogens is 1. The number of benzene rings is 2. The van der Waals surface area contributed by atoms with E-state index in [1.807, 2.05) is 24.3 Å². The number of carbonyl (C=O) groups is 2. The lowest BCUT2D eigenvalue weighted by Gasteiger charge is -2.17. The van der Waals surface area contributed by atoms with Crippen LogP contribution in [0.15, 0.2) is 48.5 Å². The van der Waals surface area contributed by atoms with E-state index in [-0.39, 0.29) is 25.3 Å². The van der Waals surface area contributed by atoms with Gasteiger partial charge in [-0.05, 0) is 55.2 Å². The van der Waals surface area contributed by atoms with E-state index in [2.05, 4.69) is 10.2 Å². The Kier molecular flexibility index (Phi) is 6.41.